The van der Waals surface area contributed by atoms with E-state index in [9.17, 15) is 13.2 Å². The maximum atomic E-state index is 13.0. The third kappa shape index (κ3) is 5.36. The molecule has 1 atom stereocenters. The van der Waals surface area contributed by atoms with E-state index in [0.717, 1.165) is 30.6 Å². The zero-order chi connectivity index (χ0) is 20.9. The van der Waals surface area contributed by atoms with E-state index in [-0.39, 0.29) is 16.8 Å². The number of carbonyl (C=O) groups excluding carboxylic acids is 1. The van der Waals surface area contributed by atoms with E-state index < -0.39 is 10.0 Å². The lowest BCUT2D eigenvalue weighted by Crippen LogP contribution is -2.42. The zero-order valence-electron chi connectivity index (χ0n) is 16.9. The Labute approximate surface area is 172 Å². The second kappa shape index (κ2) is 9.41. The van der Waals surface area contributed by atoms with Crippen LogP contribution in [-0.2, 0) is 10.0 Å². The van der Waals surface area contributed by atoms with Crippen LogP contribution in [-0.4, -0.2) is 44.4 Å². The number of rotatable bonds is 7. The summed E-state index contributed by atoms with van der Waals surface area (Å²) in [5, 5.41) is 2.78. The molecule has 0 unspecified atom stereocenters. The lowest BCUT2D eigenvalue weighted by Gasteiger charge is -2.32. The third-order valence-corrected chi connectivity index (χ3v) is 7.13. The fraction of sp³-hybridized carbons (Fsp3) is 0.409. The molecule has 0 bridgehead atoms. The highest BCUT2D eigenvalue weighted by Gasteiger charge is 2.31. The monoisotopic (exact) mass is 416 g/mol. The van der Waals surface area contributed by atoms with Crippen molar-refractivity contribution in [3.05, 3.63) is 59.7 Å². The molecule has 0 saturated carbocycles. The van der Waals surface area contributed by atoms with Gasteiger partial charge in [0.15, 0.2) is 0 Å². The van der Waals surface area contributed by atoms with Crippen molar-refractivity contribution in [3.63, 3.8) is 0 Å². The van der Waals surface area contributed by atoms with Crippen molar-refractivity contribution in [2.75, 3.05) is 19.7 Å². The highest BCUT2D eigenvalue weighted by molar-refractivity contribution is 7.89. The molecule has 29 heavy (non-hydrogen) atoms. The fourth-order valence-electron chi connectivity index (χ4n) is 3.43. The molecule has 0 spiro atoms. The van der Waals surface area contributed by atoms with Crippen molar-refractivity contribution < 1.29 is 17.9 Å². The van der Waals surface area contributed by atoms with Gasteiger partial charge in [-0.15, -0.1) is 0 Å². The van der Waals surface area contributed by atoms with Crippen molar-refractivity contribution in [2.24, 2.45) is 0 Å². The Morgan fingerprint density at radius 1 is 1.17 bits per heavy atom. The van der Waals surface area contributed by atoms with Crippen LogP contribution in [0.5, 0.6) is 5.75 Å². The van der Waals surface area contributed by atoms with Crippen molar-refractivity contribution in [3.8, 4) is 5.75 Å². The van der Waals surface area contributed by atoms with Crippen LogP contribution in [0.1, 0.15) is 42.1 Å². The largest absolute Gasteiger partial charge is 0.492 e. The number of ether oxygens (including phenoxy) is 1. The Balaban J connectivity index is 1.59. The van der Waals surface area contributed by atoms with Crippen LogP contribution < -0.4 is 10.1 Å². The van der Waals surface area contributed by atoms with Crippen molar-refractivity contribution >= 4 is 15.9 Å². The summed E-state index contributed by atoms with van der Waals surface area (Å²) in [6.45, 7) is 5.12. The average molecular weight is 417 g/mol. The molecule has 2 aromatic carbocycles. The van der Waals surface area contributed by atoms with Crippen LogP contribution in [0.25, 0.3) is 0 Å². The van der Waals surface area contributed by atoms with Gasteiger partial charge in [-0.3, -0.25) is 4.79 Å². The number of amides is 1. The number of carbonyl (C=O) groups is 1. The quantitative estimate of drug-likeness (QED) is 0.702. The molecule has 1 saturated heterocycles. The molecule has 1 heterocycles. The second-order valence-corrected chi connectivity index (χ2v) is 9.30. The summed E-state index contributed by atoms with van der Waals surface area (Å²) in [6.07, 6.45) is 2.77. The van der Waals surface area contributed by atoms with E-state index in [0.29, 0.717) is 25.3 Å². The van der Waals surface area contributed by atoms with Crippen LogP contribution in [0.3, 0.4) is 0 Å². The minimum Gasteiger partial charge on any atom is -0.492 e. The molecule has 1 aliphatic rings. The first kappa shape index (κ1) is 21.3. The minimum absolute atomic E-state index is 0.0230. The van der Waals surface area contributed by atoms with E-state index in [1.165, 1.54) is 6.07 Å². The van der Waals surface area contributed by atoms with Crippen LogP contribution in [0, 0.1) is 6.92 Å². The van der Waals surface area contributed by atoms with Gasteiger partial charge in [0.25, 0.3) is 5.91 Å². The van der Waals surface area contributed by atoms with Crippen LogP contribution in [0.15, 0.2) is 53.4 Å². The number of hydrogen-bond acceptors (Lipinski definition) is 4. The van der Waals surface area contributed by atoms with Crippen LogP contribution >= 0.6 is 0 Å². The predicted octanol–water partition coefficient (Wildman–Crippen LogP) is 3.37. The van der Waals surface area contributed by atoms with E-state index in [1.807, 2.05) is 38.1 Å². The second-order valence-electron chi connectivity index (χ2n) is 7.41. The molecule has 1 fully saturated rings. The lowest BCUT2D eigenvalue weighted by atomic mass is 10.1. The van der Waals surface area contributed by atoms with E-state index in [4.69, 9.17) is 4.74 Å². The number of benzene rings is 2. The van der Waals surface area contributed by atoms with Crippen LogP contribution in [0.4, 0.5) is 0 Å². The van der Waals surface area contributed by atoms with Gasteiger partial charge in [-0.1, -0.05) is 30.2 Å². The van der Waals surface area contributed by atoms with Gasteiger partial charge in [-0.25, -0.2) is 8.42 Å². The minimum atomic E-state index is -3.60. The summed E-state index contributed by atoms with van der Waals surface area (Å²) in [4.78, 5) is 12.6. The Morgan fingerprint density at radius 2 is 1.93 bits per heavy atom. The van der Waals surface area contributed by atoms with Gasteiger partial charge in [0.1, 0.15) is 12.4 Å². The molecular weight excluding hydrogens is 388 g/mol. The fourth-order valence-corrected chi connectivity index (χ4v) is 5.18. The molecule has 0 aromatic heterocycles. The number of nitrogens with one attached hydrogen (secondary N) is 1. The van der Waals surface area contributed by atoms with Gasteiger partial charge in [-0.2, -0.15) is 4.31 Å². The zero-order valence-corrected chi connectivity index (χ0v) is 17.7. The summed E-state index contributed by atoms with van der Waals surface area (Å²) in [5.41, 5.74) is 1.48. The Hall–Kier alpha value is -2.38. The Kier molecular flexibility index (Phi) is 6.92. The standard InChI is InChI=1S/C22H28N2O4S/c1-17-9-11-20(12-10-17)28-15-13-23-22(25)19-7-5-8-21(16-19)29(26,27)24-14-4-3-6-18(24)2/h5,7-12,16,18H,3-4,6,13-15H2,1-2H3,(H,23,25)/t18-/m1/s1. The molecule has 156 valence electrons. The normalized spacial score (nSPS) is 17.7. The molecule has 2 aromatic rings. The molecule has 7 heteroatoms. The van der Waals surface area contributed by atoms with Crippen molar-refractivity contribution in [1.82, 2.24) is 9.62 Å². The number of piperidine rings is 1. The van der Waals surface area contributed by atoms with Crippen molar-refractivity contribution in [1.29, 1.82) is 0 Å². The predicted molar refractivity (Wildman–Crippen MR) is 113 cm³/mol. The first-order chi connectivity index (χ1) is 13.9. The molecule has 0 radical (unpaired) electrons. The molecule has 6 nitrogen and oxygen atoms in total. The first-order valence-electron chi connectivity index (χ1n) is 9.97. The topological polar surface area (TPSA) is 75.7 Å². The summed E-state index contributed by atoms with van der Waals surface area (Å²) in [7, 11) is -3.60. The third-order valence-electron chi connectivity index (χ3n) is 5.12. The SMILES string of the molecule is Cc1ccc(OCCNC(=O)c2cccc(S(=O)(=O)N3CCCC[C@H]3C)c2)cc1. The van der Waals surface area contributed by atoms with E-state index >= 15 is 0 Å². The highest BCUT2D eigenvalue weighted by Crippen LogP contribution is 2.25. The molecular formula is C22H28N2O4S. The van der Waals surface area contributed by atoms with E-state index in [1.54, 1.807) is 22.5 Å². The van der Waals surface area contributed by atoms with Crippen LogP contribution in [0.2, 0.25) is 0 Å². The summed E-state index contributed by atoms with van der Waals surface area (Å²) in [5.74, 6) is 0.426. The Bertz CT molecular complexity index is 942. The smallest absolute Gasteiger partial charge is 0.251 e. The van der Waals surface area contributed by atoms with Gasteiger partial charge in [0.05, 0.1) is 11.4 Å². The summed E-state index contributed by atoms with van der Waals surface area (Å²) >= 11 is 0. The van der Waals surface area contributed by atoms with E-state index in [2.05, 4.69) is 5.32 Å². The summed E-state index contributed by atoms with van der Waals surface area (Å²) < 4.78 is 33.1. The van der Waals surface area contributed by atoms with Crippen molar-refractivity contribution in [2.45, 2.75) is 44.0 Å². The number of nitrogens with zero attached hydrogens (tertiary/aromatic N) is 1. The average Bonchev–Trinajstić information content (AvgIpc) is 2.72. The highest BCUT2D eigenvalue weighted by atomic mass is 32.2. The Morgan fingerprint density at radius 3 is 2.66 bits per heavy atom. The molecule has 1 amide bonds. The molecule has 3 rings (SSSR count). The number of sulfonamides is 1. The van der Waals surface area contributed by atoms with Gasteiger partial charge < -0.3 is 10.1 Å². The molecule has 1 N–H and O–H groups in total. The van der Waals surface area contributed by atoms with Gasteiger partial charge >= 0.3 is 0 Å². The maximum Gasteiger partial charge on any atom is 0.251 e. The molecule has 0 aliphatic carbocycles. The first-order valence-corrected chi connectivity index (χ1v) is 11.4. The molecule has 1 aliphatic heterocycles. The van der Waals surface area contributed by atoms with Gasteiger partial charge in [0, 0.05) is 18.2 Å². The summed E-state index contributed by atoms with van der Waals surface area (Å²) in [6, 6.07) is 13.9. The lowest BCUT2D eigenvalue weighted by molar-refractivity contribution is 0.0947. The van der Waals surface area contributed by atoms with Gasteiger partial charge in [0.2, 0.25) is 10.0 Å². The number of hydrogen-bond donors (Lipinski definition) is 1. The number of aryl methyl sites for hydroxylation is 1. The van der Waals surface area contributed by atoms with Gasteiger partial charge in [-0.05, 0) is 57.0 Å². The maximum absolute atomic E-state index is 13.0.